The van der Waals surface area contributed by atoms with Crippen LogP contribution in [-0.4, -0.2) is 57.9 Å². The summed E-state index contributed by atoms with van der Waals surface area (Å²) in [6.07, 6.45) is 0.630. The van der Waals surface area contributed by atoms with Gasteiger partial charge in [0.05, 0.1) is 5.56 Å². The van der Waals surface area contributed by atoms with E-state index in [0.29, 0.717) is 49.9 Å². The molecule has 0 saturated carbocycles. The van der Waals surface area contributed by atoms with Crippen LogP contribution in [0.4, 0.5) is 4.39 Å². The Hall–Kier alpha value is -3.55. The standard InChI is InChI=1S/C22H21FN4O3/c1-15-24-20(30-25-15)16-7-9-17(10-8-16)21(28)26-11-4-12-27(14-13-26)22(29)18-5-2-3-6-19(18)23/h2-3,5-10H,4,11-14H2,1H3. The van der Waals surface area contributed by atoms with E-state index in [9.17, 15) is 14.0 Å². The van der Waals surface area contributed by atoms with Gasteiger partial charge in [0.1, 0.15) is 5.82 Å². The van der Waals surface area contributed by atoms with Crippen molar-refractivity contribution in [1.82, 2.24) is 19.9 Å². The van der Waals surface area contributed by atoms with Crippen LogP contribution in [0.15, 0.2) is 53.1 Å². The number of hydrogen-bond donors (Lipinski definition) is 0. The Balaban J connectivity index is 1.42. The first-order valence-corrected chi connectivity index (χ1v) is 9.77. The Morgan fingerprint density at radius 3 is 2.23 bits per heavy atom. The van der Waals surface area contributed by atoms with Crippen molar-refractivity contribution in [2.75, 3.05) is 26.2 Å². The molecule has 0 unspecified atom stereocenters. The number of aryl methyl sites for hydroxylation is 1. The van der Waals surface area contributed by atoms with Gasteiger partial charge in [-0.3, -0.25) is 9.59 Å². The van der Waals surface area contributed by atoms with Crippen LogP contribution in [0.2, 0.25) is 0 Å². The first-order valence-electron chi connectivity index (χ1n) is 9.77. The van der Waals surface area contributed by atoms with Gasteiger partial charge in [-0.05, 0) is 49.7 Å². The highest BCUT2D eigenvalue weighted by molar-refractivity contribution is 5.95. The molecule has 0 spiro atoms. The summed E-state index contributed by atoms with van der Waals surface area (Å²) in [5.74, 6) is -0.0333. The molecule has 2 heterocycles. The summed E-state index contributed by atoms with van der Waals surface area (Å²) in [7, 11) is 0. The molecule has 154 valence electrons. The third-order valence-electron chi connectivity index (χ3n) is 5.08. The predicted molar refractivity (Wildman–Crippen MR) is 107 cm³/mol. The van der Waals surface area contributed by atoms with Crippen molar-refractivity contribution >= 4 is 11.8 Å². The van der Waals surface area contributed by atoms with Gasteiger partial charge in [-0.2, -0.15) is 4.98 Å². The molecule has 0 N–H and O–H groups in total. The van der Waals surface area contributed by atoms with Crippen molar-refractivity contribution < 1.29 is 18.5 Å². The quantitative estimate of drug-likeness (QED) is 0.665. The van der Waals surface area contributed by atoms with Crippen LogP contribution in [0.5, 0.6) is 0 Å². The Morgan fingerprint density at radius 2 is 1.60 bits per heavy atom. The van der Waals surface area contributed by atoms with E-state index in [2.05, 4.69) is 10.1 Å². The van der Waals surface area contributed by atoms with Crippen LogP contribution < -0.4 is 0 Å². The number of benzene rings is 2. The molecule has 2 amide bonds. The SMILES string of the molecule is Cc1noc(-c2ccc(C(=O)N3CCCN(C(=O)c4ccccc4F)CC3)cc2)n1. The molecule has 7 nitrogen and oxygen atoms in total. The third kappa shape index (κ3) is 4.07. The number of amides is 2. The van der Waals surface area contributed by atoms with E-state index in [0.717, 1.165) is 5.56 Å². The van der Waals surface area contributed by atoms with Crippen LogP contribution in [0.25, 0.3) is 11.5 Å². The summed E-state index contributed by atoms with van der Waals surface area (Å²) >= 11 is 0. The van der Waals surface area contributed by atoms with Gasteiger partial charge in [0.25, 0.3) is 17.7 Å². The first-order chi connectivity index (χ1) is 14.5. The van der Waals surface area contributed by atoms with Crippen LogP contribution in [-0.2, 0) is 0 Å². The van der Waals surface area contributed by atoms with E-state index < -0.39 is 5.82 Å². The zero-order valence-corrected chi connectivity index (χ0v) is 16.5. The molecule has 8 heteroatoms. The molecular formula is C22H21FN4O3. The molecule has 1 saturated heterocycles. The van der Waals surface area contributed by atoms with E-state index in [1.54, 1.807) is 53.1 Å². The Bertz CT molecular complexity index is 1060. The maximum absolute atomic E-state index is 14.0. The molecule has 1 fully saturated rings. The van der Waals surface area contributed by atoms with Crippen LogP contribution in [0.1, 0.15) is 33.0 Å². The highest BCUT2D eigenvalue weighted by Gasteiger charge is 2.25. The summed E-state index contributed by atoms with van der Waals surface area (Å²) in [4.78, 5) is 33.1. The molecule has 4 rings (SSSR count). The van der Waals surface area contributed by atoms with Gasteiger partial charge in [0, 0.05) is 37.3 Å². The van der Waals surface area contributed by atoms with E-state index >= 15 is 0 Å². The van der Waals surface area contributed by atoms with Crippen LogP contribution in [0.3, 0.4) is 0 Å². The summed E-state index contributed by atoms with van der Waals surface area (Å²) in [5, 5.41) is 3.77. The van der Waals surface area contributed by atoms with Crippen molar-refractivity contribution in [3.8, 4) is 11.5 Å². The second kappa shape index (κ2) is 8.44. The largest absolute Gasteiger partial charge is 0.337 e. The summed E-state index contributed by atoms with van der Waals surface area (Å²) < 4.78 is 19.1. The minimum absolute atomic E-state index is 0.0594. The molecule has 1 aromatic heterocycles. The van der Waals surface area contributed by atoms with E-state index in [4.69, 9.17) is 4.52 Å². The van der Waals surface area contributed by atoms with Gasteiger partial charge in [-0.1, -0.05) is 17.3 Å². The fourth-order valence-corrected chi connectivity index (χ4v) is 3.48. The van der Waals surface area contributed by atoms with E-state index in [1.807, 2.05) is 0 Å². The maximum Gasteiger partial charge on any atom is 0.257 e. The Labute approximate surface area is 173 Å². The molecule has 0 atom stereocenters. The van der Waals surface area contributed by atoms with Crippen molar-refractivity contribution in [3.05, 3.63) is 71.3 Å². The normalized spacial score (nSPS) is 14.5. The zero-order chi connectivity index (χ0) is 21.1. The number of rotatable bonds is 3. The molecule has 0 bridgehead atoms. The van der Waals surface area contributed by atoms with Gasteiger partial charge >= 0.3 is 0 Å². The molecule has 0 radical (unpaired) electrons. The minimum Gasteiger partial charge on any atom is -0.337 e. The summed E-state index contributed by atoms with van der Waals surface area (Å²) in [5.41, 5.74) is 1.35. The first kappa shape index (κ1) is 19.8. The van der Waals surface area contributed by atoms with Crippen molar-refractivity contribution in [2.24, 2.45) is 0 Å². The third-order valence-corrected chi connectivity index (χ3v) is 5.08. The highest BCUT2D eigenvalue weighted by Crippen LogP contribution is 2.19. The molecule has 2 aromatic carbocycles. The fraction of sp³-hybridized carbons (Fsp3) is 0.273. The molecule has 30 heavy (non-hydrogen) atoms. The minimum atomic E-state index is -0.531. The number of carbonyl (C=O) groups excluding carboxylic acids is 2. The number of nitrogens with zero attached hydrogens (tertiary/aromatic N) is 4. The Kier molecular flexibility index (Phi) is 5.56. The lowest BCUT2D eigenvalue weighted by molar-refractivity contribution is 0.0716. The van der Waals surface area contributed by atoms with E-state index in [-0.39, 0.29) is 17.4 Å². The average molecular weight is 408 g/mol. The molecule has 1 aliphatic rings. The number of halogens is 1. The van der Waals surface area contributed by atoms with Crippen molar-refractivity contribution in [2.45, 2.75) is 13.3 Å². The van der Waals surface area contributed by atoms with Gasteiger partial charge in [0.2, 0.25) is 0 Å². The molecule has 3 aromatic rings. The lowest BCUT2D eigenvalue weighted by Crippen LogP contribution is -2.37. The summed E-state index contributed by atoms with van der Waals surface area (Å²) in [6, 6.07) is 13.0. The smallest absolute Gasteiger partial charge is 0.257 e. The van der Waals surface area contributed by atoms with Gasteiger partial charge in [0.15, 0.2) is 5.82 Å². The zero-order valence-electron chi connectivity index (χ0n) is 16.5. The lowest BCUT2D eigenvalue weighted by Gasteiger charge is -2.22. The van der Waals surface area contributed by atoms with Gasteiger partial charge in [-0.15, -0.1) is 0 Å². The van der Waals surface area contributed by atoms with Crippen molar-refractivity contribution in [1.29, 1.82) is 0 Å². The van der Waals surface area contributed by atoms with Crippen LogP contribution in [0, 0.1) is 12.7 Å². The average Bonchev–Trinajstić information content (AvgIpc) is 3.05. The lowest BCUT2D eigenvalue weighted by atomic mass is 10.1. The second-order valence-corrected chi connectivity index (χ2v) is 7.14. The van der Waals surface area contributed by atoms with Crippen molar-refractivity contribution in [3.63, 3.8) is 0 Å². The second-order valence-electron chi connectivity index (χ2n) is 7.14. The predicted octanol–water partition coefficient (Wildman–Crippen LogP) is 3.17. The topological polar surface area (TPSA) is 79.5 Å². The highest BCUT2D eigenvalue weighted by atomic mass is 19.1. The number of aromatic nitrogens is 2. The Morgan fingerprint density at radius 1 is 0.933 bits per heavy atom. The van der Waals surface area contributed by atoms with Crippen LogP contribution >= 0.6 is 0 Å². The number of carbonyl (C=O) groups is 2. The van der Waals surface area contributed by atoms with E-state index in [1.165, 1.54) is 12.1 Å². The number of hydrogen-bond acceptors (Lipinski definition) is 5. The molecular weight excluding hydrogens is 387 g/mol. The fourth-order valence-electron chi connectivity index (χ4n) is 3.48. The maximum atomic E-state index is 14.0. The molecule has 0 aliphatic carbocycles. The molecule has 1 aliphatic heterocycles. The summed E-state index contributed by atoms with van der Waals surface area (Å²) in [6.45, 7) is 3.50. The van der Waals surface area contributed by atoms with Gasteiger partial charge in [-0.25, -0.2) is 4.39 Å². The monoisotopic (exact) mass is 408 g/mol. The van der Waals surface area contributed by atoms with Gasteiger partial charge < -0.3 is 14.3 Å².